The maximum Gasteiger partial charge on any atom is 0.176 e. The Morgan fingerprint density at radius 2 is 1.85 bits per heavy atom. The Kier molecular flexibility index (Phi) is 4.53. The van der Waals surface area contributed by atoms with Crippen LogP contribution < -0.4 is 15.4 Å². The number of benzene rings is 1. The normalized spacial score (nSPS) is 9.95. The SMILES string of the molecule is COc1ccc(C)cc1NC(=S)Nc1ccc(C)cn1. The molecule has 2 aromatic rings. The fraction of sp³-hybridized carbons (Fsp3) is 0.200. The zero-order valence-electron chi connectivity index (χ0n) is 11.7. The van der Waals surface area contributed by atoms with Crippen LogP contribution in [0.4, 0.5) is 11.5 Å². The lowest BCUT2D eigenvalue weighted by Gasteiger charge is -2.13. The molecule has 0 atom stereocenters. The molecule has 0 radical (unpaired) electrons. The van der Waals surface area contributed by atoms with Crippen molar-refractivity contribution in [2.45, 2.75) is 13.8 Å². The summed E-state index contributed by atoms with van der Waals surface area (Å²) in [5, 5.41) is 6.64. The Labute approximate surface area is 124 Å². The summed E-state index contributed by atoms with van der Waals surface area (Å²) in [5.41, 5.74) is 3.07. The van der Waals surface area contributed by atoms with Crippen LogP contribution in [-0.2, 0) is 0 Å². The van der Waals surface area contributed by atoms with Gasteiger partial charge in [-0.1, -0.05) is 12.1 Å². The molecule has 4 nitrogen and oxygen atoms in total. The number of methoxy groups -OCH3 is 1. The van der Waals surface area contributed by atoms with Crippen molar-refractivity contribution in [3.05, 3.63) is 47.7 Å². The third-order valence-corrected chi connectivity index (χ3v) is 2.96. The Hall–Kier alpha value is -2.14. The Balaban J connectivity index is 2.08. The highest BCUT2D eigenvalue weighted by atomic mass is 32.1. The number of anilines is 2. The standard InChI is InChI=1S/C15H17N3OS/c1-10-4-6-13(19-3)12(8-10)17-15(20)18-14-7-5-11(2)9-16-14/h4-9H,1-3H3,(H2,16,17,18,20). The number of rotatable bonds is 3. The van der Waals surface area contributed by atoms with Crippen molar-refractivity contribution in [1.82, 2.24) is 4.98 Å². The van der Waals surface area contributed by atoms with E-state index in [1.165, 1.54) is 0 Å². The second-order valence-electron chi connectivity index (χ2n) is 4.50. The summed E-state index contributed by atoms with van der Waals surface area (Å²) in [7, 11) is 1.63. The summed E-state index contributed by atoms with van der Waals surface area (Å²) < 4.78 is 5.30. The monoisotopic (exact) mass is 287 g/mol. The quantitative estimate of drug-likeness (QED) is 0.846. The first kappa shape index (κ1) is 14.3. The zero-order chi connectivity index (χ0) is 14.5. The first-order chi connectivity index (χ1) is 9.58. The van der Waals surface area contributed by atoms with Crippen LogP contribution in [0.15, 0.2) is 36.5 Å². The average molecular weight is 287 g/mol. The van der Waals surface area contributed by atoms with E-state index in [2.05, 4.69) is 15.6 Å². The summed E-state index contributed by atoms with van der Waals surface area (Å²) >= 11 is 5.28. The van der Waals surface area contributed by atoms with Crippen LogP contribution >= 0.6 is 12.2 Å². The molecule has 0 aliphatic heterocycles. The molecule has 104 valence electrons. The fourth-order valence-electron chi connectivity index (χ4n) is 1.73. The van der Waals surface area contributed by atoms with Crippen molar-refractivity contribution in [2.24, 2.45) is 0 Å². The molecule has 0 aliphatic rings. The molecule has 0 saturated carbocycles. The van der Waals surface area contributed by atoms with Crippen LogP contribution in [-0.4, -0.2) is 17.2 Å². The summed E-state index contributed by atoms with van der Waals surface area (Å²) in [6.07, 6.45) is 1.79. The highest BCUT2D eigenvalue weighted by Gasteiger charge is 2.05. The Morgan fingerprint density at radius 3 is 2.50 bits per heavy atom. The van der Waals surface area contributed by atoms with Gasteiger partial charge in [0.1, 0.15) is 11.6 Å². The van der Waals surface area contributed by atoms with E-state index in [9.17, 15) is 0 Å². The zero-order valence-corrected chi connectivity index (χ0v) is 12.5. The predicted molar refractivity (Wildman–Crippen MR) is 86.5 cm³/mol. The third-order valence-electron chi connectivity index (χ3n) is 2.76. The minimum atomic E-state index is 0.477. The van der Waals surface area contributed by atoms with Gasteiger partial charge in [-0.2, -0.15) is 0 Å². The number of nitrogens with one attached hydrogen (secondary N) is 2. The molecule has 1 aromatic carbocycles. The molecule has 2 rings (SSSR count). The number of aryl methyl sites for hydroxylation is 2. The number of hydrogen-bond donors (Lipinski definition) is 2. The van der Waals surface area contributed by atoms with E-state index in [0.29, 0.717) is 10.9 Å². The lowest BCUT2D eigenvalue weighted by atomic mass is 10.2. The van der Waals surface area contributed by atoms with Gasteiger partial charge in [0.15, 0.2) is 5.11 Å². The number of ether oxygens (including phenoxy) is 1. The molecule has 0 bridgehead atoms. The smallest absolute Gasteiger partial charge is 0.176 e. The molecule has 5 heteroatoms. The van der Waals surface area contributed by atoms with Crippen molar-refractivity contribution in [3.63, 3.8) is 0 Å². The Morgan fingerprint density at radius 1 is 1.10 bits per heavy atom. The number of nitrogens with zero attached hydrogens (tertiary/aromatic N) is 1. The second-order valence-corrected chi connectivity index (χ2v) is 4.91. The summed E-state index contributed by atoms with van der Waals surface area (Å²) in [4.78, 5) is 4.25. The lowest BCUT2D eigenvalue weighted by molar-refractivity contribution is 0.417. The van der Waals surface area contributed by atoms with E-state index < -0.39 is 0 Å². The number of hydrogen-bond acceptors (Lipinski definition) is 3. The van der Waals surface area contributed by atoms with Crippen LogP contribution in [0.2, 0.25) is 0 Å². The minimum absolute atomic E-state index is 0.477. The van der Waals surface area contributed by atoms with Gasteiger partial charge in [-0.15, -0.1) is 0 Å². The van der Waals surface area contributed by atoms with Crippen molar-refractivity contribution in [1.29, 1.82) is 0 Å². The third kappa shape index (κ3) is 3.68. The van der Waals surface area contributed by atoms with Gasteiger partial charge in [0.25, 0.3) is 0 Å². The van der Waals surface area contributed by atoms with Gasteiger partial charge < -0.3 is 15.4 Å². The average Bonchev–Trinajstić information content (AvgIpc) is 2.41. The van der Waals surface area contributed by atoms with Crippen LogP contribution in [0.25, 0.3) is 0 Å². The molecular formula is C15H17N3OS. The predicted octanol–water partition coefficient (Wildman–Crippen LogP) is 3.52. The molecule has 0 unspecified atom stereocenters. The van der Waals surface area contributed by atoms with Gasteiger partial charge in [-0.25, -0.2) is 4.98 Å². The van der Waals surface area contributed by atoms with Crippen molar-refractivity contribution >= 4 is 28.8 Å². The van der Waals surface area contributed by atoms with Crippen LogP contribution in [0, 0.1) is 13.8 Å². The van der Waals surface area contributed by atoms with E-state index in [1.54, 1.807) is 13.3 Å². The van der Waals surface area contributed by atoms with Crippen molar-refractivity contribution in [3.8, 4) is 5.75 Å². The topological polar surface area (TPSA) is 46.2 Å². The molecule has 0 saturated heterocycles. The summed E-state index contributed by atoms with van der Waals surface area (Å²) in [6.45, 7) is 4.01. The molecule has 0 fully saturated rings. The van der Waals surface area contributed by atoms with E-state index in [1.807, 2.05) is 44.2 Å². The van der Waals surface area contributed by atoms with Gasteiger partial charge in [0.05, 0.1) is 12.8 Å². The molecule has 1 heterocycles. The van der Waals surface area contributed by atoms with E-state index in [4.69, 9.17) is 17.0 Å². The number of aromatic nitrogens is 1. The van der Waals surface area contributed by atoms with E-state index in [-0.39, 0.29) is 0 Å². The highest BCUT2D eigenvalue weighted by molar-refractivity contribution is 7.80. The van der Waals surface area contributed by atoms with Gasteiger partial charge in [-0.3, -0.25) is 0 Å². The maximum absolute atomic E-state index is 5.30. The van der Waals surface area contributed by atoms with Crippen LogP contribution in [0.3, 0.4) is 0 Å². The molecule has 0 aliphatic carbocycles. The minimum Gasteiger partial charge on any atom is -0.495 e. The van der Waals surface area contributed by atoms with Crippen molar-refractivity contribution in [2.75, 3.05) is 17.7 Å². The van der Waals surface area contributed by atoms with E-state index >= 15 is 0 Å². The first-order valence-electron chi connectivity index (χ1n) is 6.24. The highest BCUT2D eigenvalue weighted by Crippen LogP contribution is 2.25. The van der Waals surface area contributed by atoms with Gasteiger partial charge in [0, 0.05) is 6.20 Å². The van der Waals surface area contributed by atoms with Gasteiger partial charge >= 0.3 is 0 Å². The van der Waals surface area contributed by atoms with Crippen LogP contribution in [0.5, 0.6) is 5.75 Å². The number of pyridine rings is 1. The van der Waals surface area contributed by atoms with Gasteiger partial charge in [-0.05, 0) is 55.4 Å². The largest absolute Gasteiger partial charge is 0.495 e. The van der Waals surface area contributed by atoms with Gasteiger partial charge in [0.2, 0.25) is 0 Å². The molecule has 1 aromatic heterocycles. The first-order valence-corrected chi connectivity index (χ1v) is 6.64. The molecule has 0 spiro atoms. The van der Waals surface area contributed by atoms with Crippen LogP contribution in [0.1, 0.15) is 11.1 Å². The molecule has 2 N–H and O–H groups in total. The molecular weight excluding hydrogens is 270 g/mol. The molecule has 0 amide bonds. The van der Waals surface area contributed by atoms with Crippen molar-refractivity contribution < 1.29 is 4.74 Å². The molecule has 20 heavy (non-hydrogen) atoms. The summed E-state index contributed by atoms with van der Waals surface area (Å²) in [6, 6.07) is 9.74. The lowest BCUT2D eigenvalue weighted by Crippen LogP contribution is -2.20. The fourth-order valence-corrected chi connectivity index (χ4v) is 1.95. The Bertz CT molecular complexity index is 611. The number of thiocarbonyl (C=S) groups is 1. The summed E-state index contributed by atoms with van der Waals surface area (Å²) in [5.74, 6) is 1.45. The maximum atomic E-state index is 5.30. The second kappa shape index (κ2) is 6.34. The van der Waals surface area contributed by atoms with E-state index in [0.717, 1.165) is 22.6 Å².